The number of fused-ring (bicyclic) bond motifs is 8. The van der Waals surface area contributed by atoms with Gasteiger partial charge in [0.2, 0.25) is 11.9 Å². The molecule has 4 heterocycles. The second-order valence-electron chi connectivity index (χ2n) is 13.1. The van der Waals surface area contributed by atoms with E-state index in [0.29, 0.717) is 24.0 Å². The number of carbonyl (C=O) groups excluding carboxylic acids is 1. The first kappa shape index (κ1) is 29.2. The quantitative estimate of drug-likeness (QED) is 0.188. The molecule has 1 aliphatic rings. The lowest BCUT2D eigenvalue weighted by molar-refractivity contribution is 0.0898. The van der Waals surface area contributed by atoms with Crippen molar-refractivity contribution in [2.75, 3.05) is 0 Å². The van der Waals surface area contributed by atoms with Gasteiger partial charge in [-0.2, -0.15) is 9.97 Å². The Kier molecular flexibility index (Phi) is 6.70. The third kappa shape index (κ3) is 4.85. The topological polar surface area (TPSA) is 78.5 Å². The van der Waals surface area contributed by atoms with Gasteiger partial charge < -0.3 is 0 Å². The van der Waals surface area contributed by atoms with Gasteiger partial charge in [0.25, 0.3) is 0 Å². The highest BCUT2D eigenvalue weighted by Gasteiger charge is 2.28. The molecule has 242 valence electrons. The van der Waals surface area contributed by atoms with E-state index in [1.807, 2.05) is 102 Å². The van der Waals surface area contributed by atoms with Crippen LogP contribution in [0.15, 0.2) is 152 Å². The van der Waals surface area contributed by atoms with Gasteiger partial charge in [-0.3, -0.25) is 13.9 Å². The summed E-state index contributed by atoms with van der Waals surface area (Å²) in [5.41, 5.74) is 8.80. The zero-order valence-electron chi connectivity index (χ0n) is 27.5. The molecule has 0 amide bonds. The van der Waals surface area contributed by atoms with E-state index >= 15 is 0 Å². The third-order valence-electron chi connectivity index (χ3n) is 10.0. The molecule has 51 heavy (non-hydrogen) atoms. The summed E-state index contributed by atoms with van der Waals surface area (Å²) >= 11 is 0. The molecule has 0 aliphatic carbocycles. The Morgan fingerprint density at radius 1 is 0.510 bits per heavy atom. The van der Waals surface area contributed by atoms with Gasteiger partial charge in [0.1, 0.15) is 5.82 Å². The van der Waals surface area contributed by atoms with Crippen LogP contribution < -0.4 is 0 Å². The van der Waals surface area contributed by atoms with Crippen LogP contribution >= 0.6 is 0 Å². The van der Waals surface area contributed by atoms with Crippen molar-refractivity contribution in [1.29, 1.82) is 0 Å². The monoisotopic (exact) mass is 658 g/mol. The molecule has 0 fully saturated rings. The molecule has 10 rings (SSSR count). The lowest BCUT2D eigenvalue weighted by atomic mass is 9.85. The van der Waals surface area contributed by atoms with Crippen LogP contribution in [0.25, 0.3) is 73.0 Å². The van der Waals surface area contributed by atoms with E-state index in [-0.39, 0.29) is 11.8 Å². The zero-order chi connectivity index (χ0) is 33.9. The molecule has 0 saturated heterocycles. The van der Waals surface area contributed by atoms with Crippen LogP contribution in [-0.4, -0.2) is 35.0 Å². The fraction of sp³-hybridized carbons (Fsp3) is 0.0682. The van der Waals surface area contributed by atoms with Gasteiger partial charge in [0.15, 0.2) is 11.6 Å². The van der Waals surface area contributed by atoms with Gasteiger partial charge in [-0.25, -0.2) is 9.97 Å². The van der Waals surface area contributed by atoms with Gasteiger partial charge in [-0.05, 0) is 53.8 Å². The number of nitrogens with zero attached hydrogens (tertiary/aromatic N) is 6. The molecule has 6 aromatic carbocycles. The molecule has 1 unspecified atom stereocenters. The van der Waals surface area contributed by atoms with E-state index in [0.717, 1.165) is 67.3 Å². The summed E-state index contributed by atoms with van der Waals surface area (Å²) in [6.45, 7) is 0. The van der Waals surface area contributed by atoms with E-state index < -0.39 is 0 Å². The van der Waals surface area contributed by atoms with E-state index in [4.69, 9.17) is 19.9 Å². The number of rotatable bonds is 4. The van der Waals surface area contributed by atoms with Crippen LogP contribution in [0.4, 0.5) is 0 Å². The lowest BCUT2D eigenvalue weighted by Gasteiger charge is -2.23. The summed E-state index contributed by atoms with van der Waals surface area (Å²) in [7, 11) is 0. The van der Waals surface area contributed by atoms with Gasteiger partial charge in [-0.15, -0.1) is 0 Å². The molecule has 1 aliphatic heterocycles. The fourth-order valence-electron chi connectivity index (χ4n) is 7.61. The molecule has 0 saturated carbocycles. The Morgan fingerprint density at radius 2 is 1.14 bits per heavy atom. The molecule has 7 nitrogen and oxygen atoms in total. The number of hydrogen-bond acceptors (Lipinski definition) is 5. The second kappa shape index (κ2) is 11.7. The summed E-state index contributed by atoms with van der Waals surface area (Å²) < 4.78 is 3.96. The van der Waals surface area contributed by atoms with E-state index in [9.17, 15) is 4.79 Å². The summed E-state index contributed by atoms with van der Waals surface area (Å²) in [5.74, 6) is 2.51. The van der Waals surface area contributed by atoms with Crippen molar-refractivity contribution >= 4 is 38.7 Å². The Labute approximate surface area is 293 Å². The highest BCUT2D eigenvalue weighted by molar-refractivity contribution is 6.09. The SMILES string of the molecule is O=C1CC(c2ccc3c(c2)c2ccccc2n3-c2nc(-c3ccccc3)nc(-c3ccccc3)n2)Cc2ccccc2-c2nc3ccccc3n21. The fourth-order valence-corrected chi connectivity index (χ4v) is 7.61. The van der Waals surface area contributed by atoms with Crippen LogP contribution in [0.5, 0.6) is 0 Å². The van der Waals surface area contributed by atoms with Crippen molar-refractivity contribution in [3.8, 4) is 40.1 Å². The highest BCUT2D eigenvalue weighted by atomic mass is 16.2. The first-order valence-electron chi connectivity index (χ1n) is 17.2. The molecule has 0 spiro atoms. The zero-order valence-corrected chi connectivity index (χ0v) is 27.5. The van der Waals surface area contributed by atoms with Crippen LogP contribution in [0.3, 0.4) is 0 Å². The van der Waals surface area contributed by atoms with Crippen molar-refractivity contribution in [3.05, 3.63) is 163 Å². The Balaban J connectivity index is 1.14. The van der Waals surface area contributed by atoms with Crippen LogP contribution in [-0.2, 0) is 6.42 Å². The van der Waals surface area contributed by atoms with E-state index in [1.54, 1.807) is 0 Å². The Morgan fingerprint density at radius 3 is 1.90 bits per heavy atom. The number of hydrogen-bond donors (Lipinski definition) is 0. The molecular formula is C44H30N6O. The number of imidazole rings is 1. The summed E-state index contributed by atoms with van der Waals surface area (Å²) in [4.78, 5) is 34.2. The average Bonchev–Trinajstić information content (AvgIpc) is 3.74. The predicted molar refractivity (Wildman–Crippen MR) is 202 cm³/mol. The minimum atomic E-state index is -0.0361. The maximum Gasteiger partial charge on any atom is 0.238 e. The Bertz CT molecular complexity index is 2730. The average molecular weight is 659 g/mol. The lowest BCUT2D eigenvalue weighted by Crippen LogP contribution is -2.20. The molecule has 0 N–H and O–H groups in total. The predicted octanol–water partition coefficient (Wildman–Crippen LogP) is 9.69. The van der Waals surface area contributed by atoms with Crippen molar-refractivity contribution in [2.24, 2.45) is 0 Å². The Hall–Kier alpha value is -6.73. The summed E-state index contributed by atoms with van der Waals surface area (Å²) in [6.07, 6.45) is 1.09. The van der Waals surface area contributed by atoms with Crippen LogP contribution in [0.2, 0.25) is 0 Å². The maximum atomic E-state index is 14.2. The molecular weight excluding hydrogens is 629 g/mol. The molecule has 3 aromatic heterocycles. The number of para-hydroxylation sites is 3. The summed E-state index contributed by atoms with van der Waals surface area (Å²) in [5, 5.41) is 2.18. The molecule has 0 bridgehead atoms. The van der Waals surface area contributed by atoms with E-state index in [2.05, 4.69) is 59.2 Å². The van der Waals surface area contributed by atoms with Gasteiger partial charge >= 0.3 is 0 Å². The van der Waals surface area contributed by atoms with E-state index in [1.165, 1.54) is 5.56 Å². The van der Waals surface area contributed by atoms with Gasteiger partial charge in [0.05, 0.1) is 22.1 Å². The molecule has 1 atom stereocenters. The molecule has 7 heteroatoms. The summed E-state index contributed by atoms with van der Waals surface area (Å²) in [6, 6.07) is 51.3. The number of carbonyl (C=O) groups is 1. The largest absolute Gasteiger partial charge is 0.278 e. The smallest absolute Gasteiger partial charge is 0.238 e. The minimum Gasteiger partial charge on any atom is -0.278 e. The molecule has 9 aromatic rings. The minimum absolute atomic E-state index is 0.0361. The molecule has 0 radical (unpaired) electrons. The first-order chi connectivity index (χ1) is 25.2. The normalized spacial score (nSPS) is 14.4. The van der Waals surface area contributed by atoms with Crippen molar-refractivity contribution in [1.82, 2.24) is 29.1 Å². The van der Waals surface area contributed by atoms with Gasteiger partial charge in [0, 0.05) is 33.9 Å². The number of benzene rings is 6. The van der Waals surface area contributed by atoms with Crippen molar-refractivity contribution < 1.29 is 4.79 Å². The van der Waals surface area contributed by atoms with Crippen molar-refractivity contribution in [2.45, 2.75) is 18.8 Å². The maximum absolute atomic E-state index is 14.2. The van der Waals surface area contributed by atoms with Gasteiger partial charge in [-0.1, -0.05) is 121 Å². The third-order valence-corrected chi connectivity index (χ3v) is 10.0. The van der Waals surface area contributed by atoms with Crippen LogP contribution in [0.1, 0.15) is 28.3 Å². The highest BCUT2D eigenvalue weighted by Crippen LogP contribution is 2.39. The van der Waals surface area contributed by atoms with Crippen LogP contribution in [0, 0.1) is 0 Å². The first-order valence-corrected chi connectivity index (χ1v) is 17.2. The number of aromatic nitrogens is 6. The second-order valence-corrected chi connectivity index (χ2v) is 13.1. The van der Waals surface area contributed by atoms with Crippen molar-refractivity contribution in [3.63, 3.8) is 0 Å². The standard InChI is InChI=1S/C44H30N6O/c51-40-27-32(25-31-17-7-8-18-33(31)43-45-36-20-10-12-22-39(36)50(40)43)30-23-24-38-35(26-30)34-19-9-11-21-37(34)49(38)44-47-41(28-13-3-1-4-14-28)46-42(48-44)29-15-5-2-6-16-29/h1-24,26,32H,25,27H2.